The molecule has 1 N–H and O–H groups in total. The summed E-state index contributed by atoms with van der Waals surface area (Å²) in [7, 11) is 0. The Labute approximate surface area is 268 Å². The number of rotatable bonds is 13. The average Bonchev–Trinajstić information content (AvgIpc) is 3.71. The number of carbonyl (C=O) groups is 3. The van der Waals surface area contributed by atoms with Gasteiger partial charge in [-0.1, -0.05) is 72.8 Å². The number of likely N-dealkylation sites (tertiary alicyclic amines) is 1. The van der Waals surface area contributed by atoms with Crippen LogP contribution in [0.3, 0.4) is 0 Å². The Morgan fingerprint density at radius 3 is 2.53 bits per heavy atom. The predicted molar refractivity (Wildman–Crippen MR) is 179 cm³/mol. The van der Waals surface area contributed by atoms with Gasteiger partial charge in [0, 0.05) is 17.5 Å². The second-order valence-electron chi connectivity index (χ2n) is 12.1. The lowest BCUT2D eigenvalue weighted by molar-refractivity contribution is -0.154. The largest absolute Gasteiger partial charge is 0.465 e. The monoisotopic (exact) mass is 624 g/mol. The first-order chi connectivity index (χ1) is 21.9. The van der Waals surface area contributed by atoms with Crippen LogP contribution in [0.1, 0.15) is 43.7 Å². The number of ether oxygens (including phenoxy) is 1. The summed E-state index contributed by atoms with van der Waals surface area (Å²) in [4.78, 5) is 46.6. The van der Waals surface area contributed by atoms with E-state index < -0.39 is 28.7 Å². The van der Waals surface area contributed by atoms with E-state index in [0.29, 0.717) is 18.7 Å². The number of allylic oxidation sites excluding steroid dienone is 1. The molecule has 0 aromatic heterocycles. The van der Waals surface area contributed by atoms with Crippen molar-refractivity contribution < 1.29 is 24.2 Å². The molecule has 1 spiro atoms. The highest BCUT2D eigenvalue weighted by atomic mass is 32.2. The van der Waals surface area contributed by atoms with Gasteiger partial charge in [0.2, 0.25) is 5.91 Å². The van der Waals surface area contributed by atoms with Gasteiger partial charge in [0.15, 0.2) is 0 Å². The standard InChI is InChI=1S/C37H40N2O5S/c1-3-5-6-12-22-44-36(43)31-30-19-20-37(45-30)32(31)34(41)39(29(24-40)26-14-8-7-9-15-26)33(37)35(42)38(21-4-2)28-18-17-25-13-10-11-16-27(25)23-28/h3-4,7-11,13-18,23,29-33,40H,1-2,5-6,12,19-22,24H2/t29-,30-,31+,32+,33?,37?/m1/s1. The first-order valence-corrected chi connectivity index (χ1v) is 16.7. The van der Waals surface area contributed by atoms with Crippen LogP contribution in [0.5, 0.6) is 0 Å². The number of aliphatic hydroxyl groups is 1. The third kappa shape index (κ3) is 5.48. The molecule has 3 aromatic rings. The van der Waals surface area contributed by atoms with Gasteiger partial charge >= 0.3 is 5.97 Å². The summed E-state index contributed by atoms with van der Waals surface area (Å²) in [6.07, 6.45) is 7.33. The molecule has 234 valence electrons. The van der Waals surface area contributed by atoms with Gasteiger partial charge in [0.05, 0.1) is 35.8 Å². The topological polar surface area (TPSA) is 87.1 Å². The van der Waals surface area contributed by atoms with E-state index in [1.165, 1.54) is 0 Å². The van der Waals surface area contributed by atoms with E-state index in [1.54, 1.807) is 27.6 Å². The zero-order chi connectivity index (χ0) is 31.6. The van der Waals surface area contributed by atoms with Crippen molar-refractivity contribution in [1.82, 2.24) is 4.90 Å². The molecule has 3 heterocycles. The van der Waals surface area contributed by atoms with Crippen molar-refractivity contribution in [1.29, 1.82) is 0 Å². The summed E-state index contributed by atoms with van der Waals surface area (Å²) < 4.78 is 4.95. The third-order valence-corrected chi connectivity index (χ3v) is 11.6. The number of amides is 2. The molecule has 3 aromatic carbocycles. The molecular weight excluding hydrogens is 584 g/mol. The van der Waals surface area contributed by atoms with E-state index in [9.17, 15) is 14.7 Å². The molecule has 6 rings (SSSR count). The van der Waals surface area contributed by atoms with E-state index in [-0.39, 0.29) is 36.2 Å². The van der Waals surface area contributed by atoms with E-state index in [1.807, 2.05) is 78.9 Å². The predicted octanol–water partition coefficient (Wildman–Crippen LogP) is 6.08. The zero-order valence-electron chi connectivity index (χ0n) is 25.4. The first kappa shape index (κ1) is 31.1. The van der Waals surface area contributed by atoms with Crippen molar-refractivity contribution in [3.63, 3.8) is 0 Å². The molecule has 45 heavy (non-hydrogen) atoms. The number of anilines is 1. The molecule has 6 atom stereocenters. The minimum atomic E-state index is -0.890. The van der Waals surface area contributed by atoms with E-state index >= 15 is 4.79 Å². The summed E-state index contributed by atoms with van der Waals surface area (Å²) in [5.74, 6) is -2.22. The molecule has 8 heteroatoms. The summed E-state index contributed by atoms with van der Waals surface area (Å²) in [6.45, 7) is 7.87. The van der Waals surface area contributed by atoms with Crippen molar-refractivity contribution in [2.45, 2.75) is 54.2 Å². The summed E-state index contributed by atoms with van der Waals surface area (Å²) in [5.41, 5.74) is 1.45. The highest BCUT2D eigenvalue weighted by Crippen LogP contribution is 2.67. The van der Waals surface area contributed by atoms with E-state index in [2.05, 4.69) is 13.2 Å². The van der Waals surface area contributed by atoms with Crippen LogP contribution in [0.4, 0.5) is 5.69 Å². The summed E-state index contributed by atoms with van der Waals surface area (Å²) in [5, 5.41) is 12.7. The lowest BCUT2D eigenvalue weighted by Gasteiger charge is -2.39. The number of aliphatic hydroxyl groups excluding tert-OH is 1. The van der Waals surface area contributed by atoms with E-state index in [0.717, 1.165) is 42.0 Å². The number of unbranched alkanes of at least 4 members (excludes halogenated alkanes) is 2. The maximum absolute atomic E-state index is 15.0. The summed E-state index contributed by atoms with van der Waals surface area (Å²) >= 11 is 1.60. The van der Waals surface area contributed by atoms with Gasteiger partial charge in [0.25, 0.3) is 5.91 Å². The first-order valence-electron chi connectivity index (χ1n) is 15.8. The normalized spacial score (nSPS) is 25.6. The number of benzene rings is 3. The molecule has 3 aliphatic rings. The maximum Gasteiger partial charge on any atom is 0.310 e. The van der Waals surface area contributed by atoms with Crippen molar-refractivity contribution in [3.8, 4) is 0 Å². The number of fused-ring (bicyclic) bond motifs is 2. The zero-order valence-corrected chi connectivity index (χ0v) is 26.2. The molecule has 3 saturated heterocycles. The number of hydrogen-bond donors (Lipinski definition) is 1. The lowest BCUT2D eigenvalue weighted by Crippen LogP contribution is -2.56. The molecule has 3 aliphatic heterocycles. The highest BCUT2D eigenvalue weighted by molar-refractivity contribution is 8.02. The van der Waals surface area contributed by atoms with Crippen LogP contribution < -0.4 is 4.90 Å². The molecule has 0 radical (unpaired) electrons. The van der Waals surface area contributed by atoms with Gasteiger partial charge < -0.3 is 19.6 Å². The number of esters is 1. The van der Waals surface area contributed by atoms with Crippen molar-refractivity contribution >= 4 is 46.0 Å². The molecule has 3 fully saturated rings. The van der Waals surface area contributed by atoms with Crippen LogP contribution in [0, 0.1) is 11.8 Å². The Kier molecular flexibility index (Phi) is 9.15. The van der Waals surface area contributed by atoms with Crippen molar-refractivity contribution in [2.75, 3.05) is 24.7 Å². The lowest BCUT2D eigenvalue weighted by atomic mass is 9.71. The molecule has 0 saturated carbocycles. The van der Waals surface area contributed by atoms with Gasteiger partial charge in [-0.25, -0.2) is 0 Å². The fourth-order valence-electron chi connectivity index (χ4n) is 7.61. The third-order valence-electron chi connectivity index (χ3n) is 9.61. The Balaban J connectivity index is 1.40. The molecule has 2 unspecified atom stereocenters. The van der Waals surface area contributed by atoms with Crippen LogP contribution in [-0.4, -0.2) is 63.6 Å². The Morgan fingerprint density at radius 2 is 1.80 bits per heavy atom. The van der Waals surface area contributed by atoms with Gasteiger partial charge in [-0.15, -0.1) is 24.9 Å². The number of hydrogen-bond acceptors (Lipinski definition) is 6. The second kappa shape index (κ2) is 13.2. The smallest absolute Gasteiger partial charge is 0.310 e. The Hall–Kier alpha value is -3.88. The SMILES string of the molecule is C=CCCCCOC(=O)[C@@H]1[C@H]2C(=O)N([C@H](CO)c3ccccc3)C(C(=O)N(CC=C)c3ccc4ccccc4c3)C23CC[C@H]1S3. The minimum absolute atomic E-state index is 0.102. The van der Waals surface area contributed by atoms with Crippen molar-refractivity contribution in [3.05, 3.63) is 104 Å². The number of thioether (sulfide) groups is 1. The molecule has 2 bridgehead atoms. The van der Waals surface area contributed by atoms with Crippen LogP contribution >= 0.6 is 11.8 Å². The van der Waals surface area contributed by atoms with Crippen LogP contribution in [-0.2, 0) is 19.1 Å². The van der Waals surface area contributed by atoms with Gasteiger partial charge in [-0.3, -0.25) is 14.4 Å². The fraction of sp³-hybridized carbons (Fsp3) is 0.378. The van der Waals surface area contributed by atoms with Crippen LogP contribution in [0.15, 0.2) is 98.1 Å². The van der Waals surface area contributed by atoms with Crippen LogP contribution in [0.25, 0.3) is 10.8 Å². The van der Waals surface area contributed by atoms with Crippen molar-refractivity contribution in [2.24, 2.45) is 11.8 Å². The fourth-order valence-corrected chi connectivity index (χ4v) is 9.79. The Morgan fingerprint density at radius 1 is 1.04 bits per heavy atom. The Bertz CT molecular complexity index is 1590. The second-order valence-corrected chi connectivity index (χ2v) is 13.7. The molecule has 0 aliphatic carbocycles. The average molecular weight is 625 g/mol. The van der Waals surface area contributed by atoms with Gasteiger partial charge in [-0.2, -0.15) is 0 Å². The number of carbonyl (C=O) groups excluding carboxylic acids is 3. The molecular formula is C37H40N2O5S. The number of nitrogens with zero attached hydrogens (tertiary/aromatic N) is 2. The van der Waals surface area contributed by atoms with Gasteiger partial charge in [-0.05, 0) is 60.6 Å². The highest BCUT2D eigenvalue weighted by Gasteiger charge is 2.75. The molecule has 7 nitrogen and oxygen atoms in total. The minimum Gasteiger partial charge on any atom is -0.465 e. The summed E-state index contributed by atoms with van der Waals surface area (Å²) in [6, 6.07) is 21.6. The molecule has 2 amide bonds. The quantitative estimate of drug-likeness (QED) is 0.141. The maximum atomic E-state index is 15.0. The van der Waals surface area contributed by atoms with Crippen LogP contribution in [0.2, 0.25) is 0 Å². The van der Waals surface area contributed by atoms with Gasteiger partial charge in [0.1, 0.15) is 6.04 Å². The van der Waals surface area contributed by atoms with E-state index in [4.69, 9.17) is 4.74 Å².